The molecule has 7 nitrogen and oxygen atoms in total. The largest absolute Gasteiger partial charge is 0.453 e. The predicted octanol–water partition coefficient (Wildman–Crippen LogP) is 0.788. The zero-order valence-corrected chi connectivity index (χ0v) is 13.2. The van der Waals surface area contributed by atoms with Crippen LogP contribution in [0.15, 0.2) is 41.3 Å². The van der Waals surface area contributed by atoms with Crippen molar-refractivity contribution in [2.45, 2.75) is 38.1 Å². The summed E-state index contributed by atoms with van der Waals surface area (Å²) in [5, 5.41) is 10.1. The Bertz CT molecular complexity index is 791. The van der Waals surface area contributed by atoms with E-state index in [1.54, 1.807) is 17.7 Å². The zero-order valence-electron chi connectivity index (χ0n) is 13.2. The van der Waals surface area contributed by atoms with Crippen molar-refractivity contribution in [2.75, 3.05) is 6.61 Å². The third-order valence-electron chi connectivity index (χ3n) is 4.36. The zero-order chi connectivity index (χ0) is 16.7. The van der Waals surface area contributed by atoms with Crippen LogP contribution in [0, 0.1) is 6.92 Å². The second-order valence-corrected chi connectivity index (χ2v) is 6.06. The van der Waals surface area contributed by atoms with Crippen LogP contribution in [-0.4, -0.2) is 39.8 Å². The van der Waals surface area contributed by atoms with Gasteiger partial charge >= 0.3 is 6.01 Å². The summed E-state index contributed by atoms with van der Waals surface area (Å²) in [5.41, 5.74) is 1.26. The Morgan fingerprint density at radius 1 is 1.33 bits per heavy atom. The normalized spacial score (nSPS) is 27.6. The van der Waals surface area contributed by atoms with Crippen molar-refractivity contribution in [1.29, 1.82) is 0 Å². The highest BCUT2D eigenvalue weighted by atomic mass is 16.7. The third-order valence-corrected chi connectivity index (χ3v) is 4.36. The van der Waals surface area contributed by atoms with Gasteiger partial charge in [-0.15, -0.1) is 0 Å². The van der Waals surface area contributed by atoms with Crippen LogP contribution in [0.3, 0.4) is 0 Å². The van der Waals surface area contributed by atoms with Gasteiger partial charge in [0.15, 0.2) is 12.4 Å². The Morgan fingerprint density at radius 2 is 2.12 bits per heavy atom. The van der Waals surface area contributed by atoms with E-state index in [1.807, 2.05) is 30.3 Å². The van der Waals surface area contributed by atoms with Crippen molar-refractivity contribution in [3.63, 3.8) is 0 Å². The van der Waals surface area contributed by atoms with Crippen LogP contribution in [0.2, 0.25) is 0 Å². The second kappa shape index (κ2) is 6.01. The Labute approximate surface area is 138 Å². The van der Waals surface area contributed by atoms with E-state index in [0.29, 0.717) is 18.8 Å². The lowest BCUT2D eigenvalue weighted by molar-refractivity contribution is -0.135. The maximum absolute atomic E-state index is 11.7. The Kier molecular flexibility index (Phi) is 3.84. The van der Waals surface area contributed by atoms with Gasteiger partial charge in [0.2, 0.25) is 0 Å². The van der Waals surface area contributed by atoms with Gasteiger partial charge in [0.05, 0.1) is 13.2 Å². The quantitative estimate of drug-likeness (QED) is 0.892. The van der Waals surface area contributed by atoms with Crippen molar-refractivity contribution in [2.24, 2.45) is 0 Å². The minimum Gasteiger partial charge on any atom is -0.453 e. The molecule has 3 heterocycles. The van der Waals surface area contributed by atoms with Gasteiger partial charge in [-0.25, -0.2) is 0 Å². The van der Waals surface area contributed by atoms with E-state index in [1.165, 1.54) is 0 Å². The monoisotopic (exact) mass is 330 g/mol. The van der Waals surface area contributed by atoms with Crippen LogP contribution in [-0.2, 0) is 16.1 Å². The molecule has 4 atom stereocenters. The van der Waals surface area contributed by atoms with E-state index >= 15 is 0 Å². The standard InChI is InChI=1S/C17H18N2O5/c1-10-7-19-13-12(9-22-8-11-5-3-2-4-6-11)23-16(21)14(13)24-17(19)18-15(10)20/h2-7,12-14,16,21H,8-9H2,1H3/t12-,13+,14+,16+/m1/s1. The molecule has 2 aliphatic heterocycles. The number of aromatic nitrogens is 2. The number of fused-ring (bicyclic) bond motifs is 3. The first-order valence-corrected chi connectivity index (χ1v) is 7.85. The van der Waals surface area contributed by atoms with Gasteiger partial charge in [0.25, 0.3) is 5.56 Å². The number of aliphatic hydroxyl groups excluding tert-OH is 1. The molecule has 0 spiro atoms. The molecule has 7 heteroatoms. The number of aryl methyl sites for hydroxylation is 1. The lowest BCUT2D eigenvalue weighted by Crippen LogP contribution is -2.29. The predicted molar refractivity (Wildman–Crippen MR) is 83.7 cm³/mol. The van der Waals surface area contributed by atoms with E-state index in [0.717, 1.165) is 5.56 Å². The van der Waals surface area contributed by atoms with Crippen molar-refractivity contribution < 1.29 is 19.3 Å². The molecule has 1 aromatic carbocycles. The molecule has 2 aromatic rings. The maximum atomic E-state index is 11.7. The topological polar surface area (TPSA) is 82.8 Å². The highest BCUT2D eigenvalue weighted by molar-refractivity contribution is 5.17. The van der Waals surface area contributed by atoms with Gasteiger partial charge in [0, 0.05) is 11.8 Å². The first kappa shape index (κ1) is 15.3. The third kappa shape index (κ3) is 2.60. The Hall–Kier alpha value is -2.22. The first-order valence-electron chi connectivity index (χ1n) is 7.85. The number of rotatable bonds is 4. The van der Waals surface area contributed by atoms with Crippen molar-refractivity contribution in [3.8, 4) is 6.01 Å². The molecule has 1 saturated heterocycles. The van der Waals surface area contributed by atoms with Crippen LogP contribution >= 0.6 is 0 Å². The number of aliphatic hydroxyl groups is 1. The first-order chi connectivity index (χ1) is 11.6. The summed E-state index contributed by atoms with van der Waals surface area (Å²) in [6.07, 6.45) is -0.332. The van der Waals surface area contributed by atoms with Crippen LogP contribution in [0.1, 0.15) is 17.2 Å². The van der Waals surface area contributed by atoms with Crippen LogP contribution in [0.5, 0.6) is 6.01 Å². The lowest BCUT2D eigenvalue weighted by Gasteiger charge is -2.18. The minimum absolute atomic E-state index is 0.219. The molecule has 0 unspecified atom stereocenters. The molecule has 0 bridgehead atoms. The van der Waals surface area contributed by atoms with Gasteiger partial charge in [-0.2, -0.15) is 4.98 Å². The Morgan fingerprint density at radius 3 is 2.92 bits per heavy atom. The maximum Gasteiger partial charge on any atom is 0.300 e. The summed E-state index contributed by atoms with van der Waals surface area (Å²) in [7, 11) is 0. The Balaban J connectivity index is 1.50. The second-order valence-electron chi connectivity index (χ2n) is 6.06. The van der Waals surface area contributed by atoms with Gasteiger partial charge in [-0.3, -0.25) is 9.36 Å². The van der Waals surface area contributed by atoms with Crippen molar-refractivity contribution >= 4 is 0 Å². The summed E-state index contributed by atoms with van der Waals surface area (Å²) in [6, 6.07) is 9.78. The van der Waals surface area contributed by atoms with Gasteiger partial charge in [0.1, 0.15) is 12.1 Å². The molecular formula is C17H18N2O5. The van der Waals surface area contributed by atoms with E-state index in [-0.39, 0.29) is 23.7 Å². The molecular weight excluding hydrogens is 312 g/mol. The van der Waals surface area contributed by atoms with E-state index in [4.69, 9.17) is 14.2 Å². The highest BCUT2D eigenvalue weighted by Gasteiger charge is 2.51. The number of hydrogen-bond acceptors (Lipinski definition) is 6. The number of ether oxygens (including phenoxy) is 3. The average molecular weight is 330 g/mol. The molecule has 126 valence electrons. The minimum atomic E-state index is -1.07. The van der Waals surface area contributed by atoms with Crippen molar-refractivity contribution in [3.05, 3.63) is 58.0 Å². The lowest BCUT2D eigenvalue weighted by atomic mass is 10.1. The molecule has 0 radical (unpaired) electrons. The summed E-state index contributed by atoms with van der Waals surface area (Å²) < 4.78 is 18.7. The molecule has 24 heavy (non-hydrogen) atoms. The fourth-order valence-electron chi connectivity index (χ4n) is 3.16. The summed E-state index contributed by atoms with van der Waals surface area (Å²) >= 11 is 0. The molecule has 0 aliphatic carbocycles. The SMILES string of the molecule is Cc1cn2c(nc1=O)O[C@H]1[C@@H]2[C@@H](COCc2ccccc2)O[C@@H]1O. The molecule has 0 amide bonds. The van der Waals surface area contributed by atoms with Crippen LogP contribution in [0.25, 0.3) is 0 Å². The van der Waals surface area contributed by atoms with Crippen LogP contribution < -0.4 is 10.3 Å². The number of nitrogens with zero attached hydrogens (tertiary/aromatic N) is 2. The molecule has 4 rings (SSSR count). The number of benzene rings is 1. The highest BCUT2D eigenvalue weighted by Crippen LogP contribution is 2.40. The van der Waals surface area contributed by atoms with Gasteiger partial charge in [-0.05, 0) is 12.5 Å². The molecule has 1 aromatic heterocycles. The summed E-state index contributed by atoms with van der Waals surface area (Å²) in [5.74, 6) is 0. The summed E-state index contributed by atoms with van der Waals surface area (Å²) in [6.45, 7) is 2.47. The molecule has 0 saturated carbocycles. The fraction of sp³-hybridized carbons (Fsp3) is 0.412. The van der Waals surface area contributed by atoms with Gasteiger partial charge in [-0.1, -0.05) is 30.3 Å². The summed E-state index contributed by atoms with van der Waals surface area (Å²) in [4.78, 5) is 15.6. The fourth-order valence-corrected chi connectivity index (χ4v) is 3.16. The van der Waals surface area contributed by atoms with E-state index in [2.05, 4.69) is 4.98 Å². The van der Waals surface area contributed by atoms with E-state index < -0.39 is 12.4 Å². The molecule has 1 N–H and O–H groups in total. The smallest absolute Gasteiger partial charge is 0.300 e. The average Bonchev–Trinajstić information content (AvgIpc) is 3.07. The van der Waals surface area contributed by atoms with Gasteiger partial charge < -0.3 is 19.3 Å². The molecule has 2 aliphatic rings. The van der Waals surface area contributed by atoms with Crippen molar-refractivity contribution in [1.82, 2.24) is 9.55 Å². The van der Waals surface area contributed by atoms with E-state index in [9.17, 15) is 9.90 Å². The number of hydrogen-bond donors (Lipinski definition) is 1. The van der Waals surface area contributed by atoms with Crippen LogP contribution in [0.4, 0.5) is 0 Å². The molecule has 1 fully saturated rings.